The van der Waals surface area contributed by atoms with Crippen molar-refractivity contribution in [1.82, 2.24) is 0 Å². The number of hydrogen-bond donors (Lipinski definition) is 1. The van der Waals surface area contributed by atoms with Gasteiger partial charge in [0.15, 0.2) is 5.78 Å². The Labute approximate surface area is 102 Å². The molecule has 2 nitrogen and oxygen atoms in total. The number of hydrogen-bond acceptors (Lipinski definition) is 2. The molecule has 0 aliphatic heterocycles. The van der Waals surface area contributed by atoms with Gasteiger partial charge in [-0.1, -0.05) is 13.8 Å². The van der Waals surface area contributed by atoms with Crippen LogP contribution in [-0.4, -0.2) is 12.3 Å². The van der Waals surface area contributed by atoms with Crippen molar-refractivity contribution in [2.75, 3.05) is 6.54 Å². The number of aryl methyl sites for hydroxylation is 1. The summed E-state index contributed by atoms with van der Waals surface area (Å²) in [4.78, 5) is 12.4. The zero-order valence-electron chi connectivity index (χ0n) is 10.7. The number of benzene rings is 1. The molecule has 1 rings (SSSR count). The second-order valence-corrected chi connectivity index (χ2v) is 4.48. The number of rotatable bonds is 5. The first kappa shape index (κ1) is 13.8. The van der Waals surface area contributed by atoms with Gasteiger partial charge in [-0.2, -0.15) is 0 Å². The maximum absolute atomic E-state index is 13.2. The van der Waals surface area contributed by atoms with E-state index in [-0.39, 0.29) is 11.6 Å². The van der Waals surface area contributed by atoms with E-state index >= 15 is 0 Å². The van der Waals surface area contributed by atoms with Gasteiger partial charge in [0.05, 0.1) is 0 Å². The summed E-state index contributed by atoms with van der Waals surface area (Å²) in [5, 5.41) is 0. The normalized spacial score (nSPS) is 11.6. The zero-order valence-corrected chi connectivity index (χ0v) is 10.7. The lowest BCUT2D eigenvalue weighted by molar-refractivity contribution is 0.0787. The molecule has 0 amide bonds. The molecule has 0 fully saturated rings. The molecular formula is C14H20FNO. The molecule has 0 unspecified atom stereocenters. The maximum Gasteiger partial charge on any atom is 0.170 e. The molecule has 0 bridgehead atoms. The number of carbonyl (C=O) groups excluding carboxylic acids is 1. The van der Waals surface area contributed by atoms with Crippen molar-refractivity contribution in [3.05, 3.63) is 35.1 Å². The monoisotopic (exact) mass is 237 g/mol. The van der Waals surface area contributed by atoms with Crippen LogP contribution in [0.2, 0.25) is 0 Å². The first-order valence-electron chi connectivity index (χ1n) is 6.01. The van der Waals surface area contributed by atoms with Crippen molar-refractivity contribution >= 4 is 5.78 Å². The molecule has 94 valence electrons. The van der Waals surface area contributed by atoms with Crippen molar-refractivity contribution < 1.29 is 9.18 Å². The molecule has 0 aromatic heterocycles. The summed E-state index contributed by atoms with van der Waals surface area (Å²) in [6.07, 6.45) is 1.41. The van der Waals surface area contributed by atoms with Crippen LogP contribution in [0.25, 0.3) is 0 Å². The van der Waals surface area contributed by atoms with E-state index in [1.54, 1.807) is 19.1 Å². The van der Waals surface area contributed by atoms with Crippen LogP contribution in [0.3, 0.4) is 0 Å². The number of carbonyl (C=O) groups is 1. The number of ketones is 1. The largest absolute Gasteiger partial charge is 0.329 e. The molecule has 0 atom stereocenters. The van der Waals surface area contributed by atoms with Crippen molar-refractivity contribution in [3.8, 4) is 0 Å². The van der Waals surface area contributed by atoms with Gasteiger partial charge in [0, 0.05) is 17.5 Å². The lowest BCUT2D eigenvalue weighted by atomic mass is 9.76. The second kappa shape index (κ2) is 5.41. The van der Waals surface area contributed by atoms with Gasteiger partial charge in [-0.05, 0) is 43.5 Å². The van der Waals surface area contributed by atoms with E-state index < -0.39 is 5.41 Å². The van der Waals surface area contributed by atoms with Crippen LogP contribution in [0.15, 0.2) is 18.2 Å². The molecule has 1 aromatic carbocycles. The Hall–Kier alpha value is -1.22. The minimum absolute atomic E-state index is 0.0214. The zero-order chi connectivity index (χ0) is 13.1. The number of nitrogens with two attached hydrogens (primary N) is 1. The molecule has 0 heterocycles. The van der Waals surface area contributed by atoms with Crippen LogP contribution in [0.5, 0.6) is 0 Å². The highest BCUT2D eigenvalue weighted by atomic mass is 19.1. The molecule has 0 saturated carbocycles. The van der Waals surface area contributed by atoms with E-state index in [0.29, 0.717) is 30.5 Å². The fourth-order valence-electron chi connectivity index (χ4n) is 2.04. The Bertz CT molecular complexity index is 402. The Morgan fingerprint density at radius 3 is 2.35 bits per heavy atom. The lowest BCUT2D eigenvalue weighted by Gasteiger charge is -2.28. The molecule has 0 aliphatic carbocycles. The van der Waals surface area contributed by atoms with Crippen LogP contribution in [0, 0.1) is 18.2 Å². The predicted octanol–water partition coefficient (Wildman–Crippen LogP) is 3.08. The third kappa shape index (κ3) is 2.55. The van der Waals surface area contributed by atoms with E-state index in [1.807, 2.05) is 13.8 Å². The standard InChI is InChI=1S/C14H20FNO/c1-4-14(5-2,9-16)13(17)11-6-7-12(15)10(3)8-11/h6-8H,4-5,9,16H2,1-3H3. The highest BCUT2D eigenvalue weighted by Crippen LogP contribution is 2.30. The van der Waals surface area contributed by atoms with Crippen LogP contribution < -0.4 is 5.73 Å². The van der Waals surface area contributed by atoms with Crippen LogP contribution in [0.1, 0.15) is 42.6 Å². The van der Waals surface area contributed by atoms with Gasteiger partial charge in [0.1, 0.15) is 5.82 Å². The summed E-state index contributed by atoms with van der Waals surface area (Å²) in [6, 6.07) is 4.49. The minimum atomic E-state index is -0.510. The van der Waals surface area contributed by atoms with Crippen LogP contribution >= 0.6 is 0 Å². The van der Waals surface area contributed by atoms with E-state index in [9.17, 15) is 9.18 Å². The van der Waals surface area contributed by atoms with Crippen molar-refractivity contribution in [2.45, 2.75) is 33.6 Å². The van der Waals surface area contributed by atoms with Gasteiger partial charge in [-0.15, -0.1) is 0 Å². The van der Waals surface area contributed by atoms with Crippen LogP contribution in [0.4, 0.5) is 4.39 Å². The van der Waals surface area contributed by atoms with E-state index in [2.05, 4.69) is 0 Å². The summed E-state index contributed by atoms with van der Waals surface area (Å²) < 4.78 is 13.2. The Morgan fingerprint density at radius 2 is 1.94 bits per heavy atom. The molecule has 0 saturated heterocycles. The van der Waals surface area contributed by atoms with E-state index in [4.69, 9.17) is 5.73 Å². The maximum atomic E-state index is 13.2. The molecule has 0 aliphatic rings. The van der Waals surface area contributed by atoms with Gasteiger partial charge >= 0.3 is 0 Å². The third-order valence-electron chi connectivity index (χ3n) is 3.65. The highest BCUT2D eigenvalue weighted by molar-refractivity contribution is 6.00. The fourth-order valence-corrected chi connectivity index (χ4v) is 2.04. The summed E-state index contributed by atoms with van der Waals surface area (Å²) in [7, 11) is 0. The Kier molecular flexibility index (Phi) is 4.40. The summed E-state index contributed by atoms with van der Waals surface area (Å²) in [6.45, 7) is 5.92. The first-order chi connectivity index (χ1) is 8.00. The smallest absolute Gasteiger partial charge is 0.170 e. The number of halogens is 1. The molecule has 2 N–H and O–H groups in total. The summed E-state index contributed by atoms with van der Waals surface area (Å²) in [5.74, 6) is -0.263. The predicted molar refractivity (Wildman–Crippen MR) is 67.5 cm³/mol. The molecule has 3 heteroatoms. The average molecular weight is 237 g/mol. The van der Waals surface area contributed by atoms with Gasteiger partial charge in [-0.3, -0.25) is 4.79 Å². The quantitative estimate of drug-likeness (QED) is 0.800. The molecule has 1 aromatic rings. The fraction of sp³-hybridized carbons (Fsp3) is 0.500. The van der Waals surface area contributed by atoms with Crippen LogP contribution in [-0.2, 0) is 0 Å². The van der Waals surface area contributed by atoms with Crippen molar-refractivity contribution in [2.24, 2.45) is 11.1 Å². The molecule has 0 radical (unpaired) electrons. The van der Waals surface area contributed by atoms with Gasteiger partial charge in [0.2, 0.25) is 0 Å². The van der Waals surface area contributed by atoms with Crippen molar-refractivity contribution in [3.63, 3.8) is 0 Å². The lowest BCUT2D eigenvalue weighted by Crippen LogP contribution is -2.37. The molecule has 0 spiro atoms. The van der Waals surface area contributed by atoms with E-state index in [0.717, 1.165) is 0 Å². The average Bonchev–Trinajstić information content (AvgIpc) is 2.35. The summed E-state index contributed by atoms with van der Waals surface area (Å²) in [5.41, 5.74) is 6.28. The van der Waals surface area contributed by atoms with Gasteiger partial charge in [-0.25, -0.2) is 4.39 Å². The Morgan fingerprint density at radius 1 is 1.35 bits per heavy atom. The highest BCUT2D eigenvalue weighted by Gasteiger charge is 2.33. The number of Topliss-reactive ketones (excluding diaryl/α,β-unsaturated/α-hetero) is 1. The Balaban J connectivity index is 3.14. The third-order valence-corrected chi connectivity index (χ3v) is 3.65. The van der Waals surface area contributed by atoms with Gasteiger partial charge in [0.25, 0.3) is 0 Å². The topological polar surface area (TPSA) is 43.1 Å². The minimum Gasteiger partial charge on any atom is -0.329 e. The van der Waals surface area contributed by atoms with Crippen molar-refractivity contribution in [1.29, 1.82) is 0 Å². The molecular weight excluding hydrogens is 217 g/mol. The summed E-state index contributed by atoms with van der Waals surface area (Å²) >= 11 is 0. The van der Waals surface area contributed by atoms with E-state index in [1.165, 1.54) is 6.07 Å². The van der Waals surface area contributed by atoms with Gasteiger partial charge < -0.3 is 5.73 Å². The molecule has 17 heavy (non-hydrogen) atoms. The SMILES string of the molecule is CCC(CC)(CN)C(=O)c1ccc(F)c(C)c1. The first-order valence-corrected chi connectivity index (χ1v) is 6.01. The second-order valence-electron chi connectivity index (χ2n) is 4.48.